The number of furan rings is 1. The molecule has 0 fully saturated rings. The van der Waals surface area contributed by atoms with E-state index in [0.717, 1.165) is 9.13 Å². The molecule has 0 aliphatic heterocycles. The molecule has 0 saturated carbocycles. The zero-order valence-corrected chi connectivity index (χ0v) is 15.6. The smallest absolute Gasteiger partial charge is 0.255 e. The zero-order valence-electron chi connectivity index (χ0n) is 13.5. The van der Waals surface area contributed by atoms with Crippen LogP contribution in [0, 0.1) is 3.57 Å². The molecule has 128 valence electrons. The molecule has 1 amide bonds. The molecule has 0 unspecified atom stereocenters. The summed E-state index contributed by atoms with van der Waals surface area (Å²) in [6.07, 6.45) is 0. The first kappa shape index (κ1) is 17.5. The average Bonchev–Trinajstić information content (AvgIpc) is 3.10. The molecule has 0 radical (unpaired) electrons. The van der Waals surface area contributed by atoms with Gasteiger partial charge in [-0.05, 0) is 65.1 Å². The van der Waals surface area contributed by atoms with Gasteiger partial charge in [-0.2, -0.15) is 0 Å². The molecule has 1 aromatic heterocycles. The summed E-state index contributed by atoms with van der Waals surface area (Å²) in [4.78, 5) is 12.4. The highest BCUT2D eigenvalue weighted by Crippen LogP contribution is 2.33. The van der Waals surface area contributed by atoms with Crippen LogP contribution in [0.3, 0.4) is 0 Å². The Bertz CT molecular complexity index is 904. The van der Waals surface area contributed by atoms with Gasteiger partial charge in [-0.1, -0.05) is 6.07 Å². The average molecular weight is 449 g/mol. The Morgan fingerprint density at radius 1 is 1.20 bits per heavy atom. The molecule has 25 heavy (non-hydrogen) atoms. The summed E-state index contributed by atoms with van der Waals surface area (Å²) in [7, 11) is 1.56. The maximum Gasteiger partial charge on any atom is 0.255 e. The Kier molecular flexibility index (Phi) is 5.40. The van der Waals surface area contributed by atoms with Gasteiger partial charge >= 0.3 is 0 Å². The normalized spacial score (nSPS) is 10.5. The summed E-state index contributed by atoms with van der Waals surface area (Å²) in [5.41, 5.74) is 1.96. The standard InChI is InChI=1S/C19H16INO4/c1-24-18-10-14(21-19(23)12-3-2-4-13(20)9-12)5-7-16(18)17-8-6-15(11-22)25-17/h2-10,22H,11H2,1H3,(H,21,23). The van der Waals surface area contributed by atoms with Crippen molar-refractivity contribution in [3.63, 3.8) is 0 Å². The van der Waals surface area contributed by atoms with Crippen molar-refractivity contribution in [2.45, 2.75) is 6.61 Å². The second-order valence-corrected chi connectivity index (χ2v) is 6.55. The Labute approximate surface area is 158 Å². The SMILES string of the molecule is COc1cc(NC(=O)c2cccc(I)c2)ccc1-c1ccc(CO)o1. The molecule has 0 aliphatic carbocycles. The third-order valence-electron chi connectivity index (χ3n) is 3.63. The van der Waals surface area contributed by atoms with Crippen LogP contribution in [-0.2, 0) is 6.61 Å². The summed E-state index contributed by atoms with van der Waals surface area (Å²) in [6.45, 7) is -0.160. The molecule has 0 bridgehead atoms. The molecule has 2 aromatic carbocycles. The van der Waals surface area contributed by atoms with Crippen LogP contribution in [0.2, 0.25) is 0 Å². The van der Waals surface area contributed by atoms with Gasteiger partial charge in [-0.15, -0.1) is 0 Å². The second-order valence-electron chi connectivity index (χ2n) is 5.30. The number of ether oxygens (including phenoxy) is 1. The van der Waals surface area contributed by atoms with Gasteiger partial charge in [-0.25, -0.2) is 0 Å². The molecule has 3 rings (SSSR count). The minimum absolute atomic E-state index is 0.160. The van der Waals surface area contributed by atoms with Crippen molar-refractivity contribution in [1.82, 2.24) is 0 Å². The number of anilines is 1. The summed E-state index contributed by atoms with van der Waals surface area (Å²) in [5.74, 6) is 1.46. The summed E-state index contributed by atoms with van der Waals surface area (Å²) in [6, 6.07) is 16.2. The number of hydrogen-bond donors (Lipinski definition) is 2. The van der Waals surface area contributed by atoms with Crippen molar-refractivity contribution in [2.24, 2.45) is 0 Å². The van der Waals surface area contributed by atoms with Crippen LogP contribution in [0.15, 0.2) is 59.0 Å². The monoisotopic (exact) mass is 449 g/mol. The number of benzene rings is 2. The van der Waals surface area contributed by atoms with E-state index in [0.29, 0.717) is 28.5 Å². The third-order valence-corrected chi connectivity index (χ3v) is 4.30. The van der Waals surface area contributed by atoms with Gasteiger partial charge in [-0.3, -0.25) is 4.79 Å². The second kappa shape index (κ2) is 7.71. The number of halogens is 1. The molecule has 5 nitrogen and oxygen atoms in total. The minimum atomic E-state index is -0.186. The molecule has 1 heterocycles. The van der Waals surface area contributed by atoms with E-state index in [1.54, 1.807) is 37.4 Å². The van der Waals surface area contributed by atoms with E-state index in [9.17, 15) is 4.79 Å². The van der Waals surface area contributed by atoms with Crippen LogP contribution in [0.1, 0.15) is 16.1 Å². The summed E-state index contributed by atoms with van der Waals surface area (Å²) in [5, 5.41) is 12.0. The molecule has 2 N–H and O–H groups in total. The number of methoxy groups -OCH3 is 1. The lowest BCUT2D eigenvalue weighted by atomic mass is 10.1. The lowest BCUT2D eigenvalue weighted by Gasteiger charge is -2.10. The van der Waals surface area contributed by atoms with Gasteiger partial charge < -0.3 is 19.6 Å². The van der Waals surface area contributed by atoms with E-state index in [1.165, 1.54) is 0 Å². The fourth-order valence-corrected chi connectivity index (χ4v) is 2.96. The summed E-state index contributed by atoms with van der Waals surface area (Å²) < 4.78 is 12.0. The molecule has 0 saturated heterocycles. The Hall–Kier alpha value is -2.32. The zero-order chi connectivity index (χ0) is 17.8. The lowest BCUT2D eigenvalue weighted by molar-refractivity contribution is 0.102. The van der Waals surface area contributed by atoms with Gasteiger partial charge in [0, 0.05) is 20.9 Å². The predicted octanol–water partition coefficient (Wildman–Crippen LogP) is 4.30. The van der Waals surface area contributed by atoms with Gasteiger partial charge in [0.25, 0.3) is 5.91 Å². The molecule has 0 spiro atoms. The summed E-state index contributed by atoms with van der Waals surface area (Å²) >= 11 is 2.17. The van der Waals surface area contributed by atoms with E-state index >= 15 is 0 Å². The van der Waals surface area contributed by atoms with E-state index < -0.39 is 0 Å². The first-order valence-corrected chi connectivity index (χ1v) is 8.63. The number of nitrogens with one attached hydrogen (secondary N) is 1. The number of carbonyl (C=O) groups excluding carboxylic acids is 1. The fourth-order valence-electron chi connectivity index (χ4n) is 2.41. The number of carbonyl (C=O) groups is 1. The molecular weight excluding hydrogens is 433 g/mol. The highest BCUT2D eigenvalue weighted by atomic mass is 127. The van der Waals surface area contributed by atoms with Crippen molar-refractivity contribution >= 4 is 34.2 Å². The van der Waals surface area contributed by atoms with E-state index in [1.807, 2.05) is 24.3 Å². The van der Waals surface area contributed by atoms with E-state index in [-0.39, 0.29) is 12.5 Å². The molecule has 0 atom stereocenters. The molecule has 6 heteroatoms. The first-order valence-electron chi connectivity index (χ1n) is 7.55. The number of rotatable bonds is 5. The number of aliphatic hydroxyl groups is 1. The van der Waals surface area contributed by atoms with Gasteiger partial charge in [0.15, 0.2) is 0 Å². The third kappa shape index (κ3) is 4.02. The van der Waals surface area contributed by atoms with Crippen LogP contribution < -0.4 is 10.1 Å². The Morgan fingerprint density at radius 2 is 2.04 bits per heavy atom. The first-order chi connectivity index (χ1) is 12.1. The number of hydrogen-bond acceptors (Lipinski definition) is 4. The fraction of sp³-hybridized carbons (Fsp3) is 0.105. The molecule has 0 aliphatic rings. The van der Waals surface area contributed by atoms with E-state index in [2.05, 4.69) is 27.9 Å². The largest absolute Gasteiger partial charge is 0.496 e. The van der Waals surface area contributed by atoms with Crippen molar-refractivity contribution in [2.75, 3.05) is 12.4 Å². The maximum atomic E-state index is 12.4. The highest BCUT2D eigenvalue weighted by molar-refractivity contribution is 14.1. The van der Waals surface area contributed by atoms with Gasteiger partial charge in [0.05, 0.1) is 12.7 Å². The van der Waals surface area contributed by atoms with Gasteiger partial charge in [0.1, 0.15) is 23.9 Å². The van der Waals surface area contributed by atoms with Crippen LogP contribution >= 0.6 is 22.6 Å². The Balaban J connectivity index is 1.85. The number of aliphatic hydroxyl groups excluding tert-OH is 1. The molecular formula is C19H16INO4. The van der Waals surface area contributed by atoms with Crippen LogP contribution in [0.5, 0.6) is 5.75 Å². The maximum absolute atomic E-state index is 12.4. The Morgan fingerprint density at radius 3 is 2.72 bits per heavy atom. The van der Waals surface area contributed by atoms with Crippen molar-refractivity contribution in [3.8, 4) is 17.1 Å². The van der Waals surface area contributed by atoms with Crippen molar-refractivity contribution in [3.05, 3.63) is 69.5 Å². The van der Waals surface area contributed by atoms with Gasteiger partial charge in [0.2, 0.25) is 0 Å². The van der Waals surface area contributed by atoms with Crippen LogP contribution in [0.25, 0.3) is 11.3 Å². The number of amides is 1. The quantitative estimate of drug-likeness (QED) is 0.570. The van der Waals surface area contributed by atoms with Crippen molar-refractivity contribution < 1.29 is 19.1 Å². The predicted molar refractivity (Wildman–Crippen MR) is 104 cm³/mol. The minimum Gasteiger partial charge on any atom is -0.496 e. The highest BCUT2D eigenvalue weighted by Gasteiger charge is 2.13. The van der Waals surface area contributed by atoms with Crippen LogP contribution in [0.4, 0.5) is 5.69 Å². The molecule has 3 aromatic rings. The van der Waals surface area contributed by atoms with Crippen LogP contribution in [-0.4, -0.2) is 18.1 Å². The van der Waals surface area contributed by atoms with E-state index in [4.69, 9.17) is 14.3 Å². The topological polar surface area (TPSA) is 71.7 Å². The van der Waals surface area contributed by atoms with Crippen molar-refractivity contribution in [1.29, 1.82) is 0 Å². The lowest BCUT2D eigenvalue weighted by Crippen LogP contribution is -2.12.